The van der Waals surface area contributed by atoms with Crippen molar-refractivity contribution in [2.75, 3.05) is 9.80 Å². The molecule has 0 saturated heterocycles. The minimum absolute atomic E-state index is 0.0202. The molecule has 0 aromatic heterocycles. The first-order valence-electron chi connectivity index (χ1n) is 25.4. The Balaban J connectivity index is 1.32. The minimum atomic E-state index is -0.133. The van der Waals surface area contributed by atoms with Crippen molar-refractivity contribution in [3.05, 3.63) is 172 Å². The van der Waals surface area contributed by atoms with Gasteiger partial charge in [0.05, 0.1) is 5.69 Å². The first kappa shape index (κ1) is 44.7. The summed E-state index contributed by atoms with van der Waals surface area (Å²) in [6.07, 6.45) is 2.23. The van der Waals surface area contributed by atoms with E-state index in [1.54, 1.807) is 0 Å². The van der Waals surface area contributed by atoms with Crippen molar-refractivity contribution in [2.24, 2.45) is 0 Å². The van der Waals surface area contributed by atoms with E-state index in [0.29, 0.717) is 0 Å². The number of anilines is 6. The monoisotopic (exact) mass is 891 g/mol. The number of benzene rings is 7. The Hall–Kier alpha value is -5.80. The number of rotatable bonds is 4. The first-order chi connectivity index (χ1) is 31.9. The Labute approximate surface area is 408 Å². The molecule has 0 N–H and O–H groups in total. The highest BCUT2D eigenvalue weighted by Gasteiger charge is 2.51. The van der Waals surface area contributed by atoms with Crippen molar-refractivity contribution in [2.45, 2.75) is 149 Å². The van der Waals surface area contributed by atoms with Crippen LogP contribution in [0.1, 0.15) is 149 Å². The Morgan fingerprint density at radius 3 is 1.34 bits per heavy atom. The van der Waals surface area contributed by atoms with E-state index in [1.165, 1.54) is 112 Å². The number of hydrogen-bond donors (Lipinski definition) is 0. The van der Waals surface area contributed by atoms with Gasteiger partial charge < -0.3 is 9.80 Å². The zero-order chi connectivity index (χ0) is 48.2. The summed E-state index contributed by atoms with van der Waals surface area (Å²) in [7, 11) is 0. The van der Waals surface area contributed by atoms with Gasteiger partial charge in [0.1, 0.15) is 0 Å². The third-order valence-electron chi connectivity index (χ3n) is 16.6. The van der Waals surface area contributed by atoms with Gasteiger partial charge in [0.2, 0.25) is 0 Å². The number of nitrogens with zero attached hydrogens (tertiary/aromatic N) is 2. The van der Waals surface area contributed by atoms with Crippen molar-refractivity contribution < 1.29 is 0 Å². The van der Waals surface area contributed by atoms with Crippen LogP contribution in [0, 0.1) is 6.92 Å². The summed E-state index contributed by atoms with van der Waals surface area (Å²) < 4.78 is 0. The largest absolute Gasteiger partial charge is 0.311 e. The number of hydrogen-bond acceptors (Lipinski definition) is 2. The fourth-order valence-electron chi connectivity index (χ4n) is 13.6. The Morgan fingerprint density at radius 2 is 0.853 bits per heavy atom. The van der Waals surface area contributed by atoms with Gasteiger partial charge in [-0.25, -0.2) is 0 Å². The Morgan fingerprint density at radius 1 is 0.397 bits per heavy atom. The quantitative estimate of drug-likeness (QED) is 0.162. The molecule has 0 spiro atoms. The van der Waals surface area contributed by atoms with Crippen LogP contribution >= 0.6 is 0 Å². The summed E-state index contributed by atoms with van der Waals surface area (Å²) in [5, 5.41) is 0. The van der Waals surface area contributed by atoms with Crippen molar-refractivity contribution >= 4 is 57.2 Å². The lowest BCUT2D eigenvalue weighted by molar-refractivity contribution is 0.403. The van der Waals surface area contributed by atoms with Gasteiger partial charge >= 0.3 is 0 Å². The zero-order valence-corrected chi connectivity index (χ0v) is 43.6. The van der Waals surface area contributed by atoms with Crippen molar-refractivity contribution in [1.29, 1.82) is 0 Å². The van der Waals surface area contributed by atoms with Crippen LogP contribution in [-0.2, 0) is 32.5 Å². The standard InChI is InChI=1S/C65H71BN2/c1-40-26-27-43(41-22-18-16-19-23-41)30-54(40)68-56-37-50-48(63(10,11)39-65(50,14)15)35-52(56)66-51-34-47-49(64(12,13)38-62(47,8)9)36-55(51)67(57-32-45(61(5,6)7)33-58(68)59(57)66)53-29-28-44(60(2,3)4)31-46(53)42-24-20-17-21-25-42/h16-37H,38-39H2,1-15H3. The van der Waals surface area contributed by atoms with E-state index >= 15 is 0 Å². The van der Waals surface area contributed by atoms with E-state index in [0.717, 1.165) is 12.8 Å². The maximum Gasteiger partial charge on any atom is 0.252 e. The molecule has 68 heavy (non-hydrogen) atoms. The van der Waals surface area contributed by atoms with Crippen LogP contribution in [0.5, 0.6) is 0 Å². The second-order valence-corrected chi connectivity index (χ2v) is 25.8. The summed E-state index contributed by atoms with van der Waals surface area (Å²) in [6, 6.07) is 52.4. The summed E-state index contributed by atoms with van der Waals surface area (Å²) >= 11 is 0. The van der Waals surface area contributed by atoms with Crippen molar-refractivity contribution in [3.63, 3.8) is 0 Å². The van der Waals surface area contributed by atoms with Gasteiger partial charge in [-0.15, -0.1) is 0 Å². The third kappa shape index (κ3) is 6.80. The molecule has 2 nitrogen and oxygen atoms in total. The molecule has 11 rings (SSSR count). The van der Waals surface area contributed by atoms with Gasteiger partial charge in [0.15, 0.2) is 0 Å². The lowest BCUT2D eigenvalue weighted by atomic mass is 9.33. The SMILES string of the molecule is Cc1ccc(-c2ccccc2)cc1N1c2cc3c(cc2B2c4cc5c(cc4N(c4ccc(C(C)(C)C)cc4-c4ccccc4)c4cc(C(C)(C)C)cc1c42)C(C)(C)CC5(C)C)C(C)(C)CC3(C)C. The topological polar surface area (TPSA) is 6.48 Å². The van der Waals surface area contributed by atoms with E-state index in [9.17, 15) is 0 Å². The van der Waals surface area contributed by atoms with Crippen LogP contribution in [0.15, 0.2) is 133 Å². The second kappa shape index (κ2) is 14.6. The molecule has 2 aliphatic carbocycles. The molecule has 0 fully saturated rings. The van der Waals surface area contributed by atoms with Gasteiger partial charge in [0.25, 0.3) is 6.71 Å². The predicted molar refractivity (Wildman–Crippen MR) is 295 cm³/mol. The fraction of sp³-hybridized carbons (Fsp3) is 0.354. The highest BCUT2D eigenvalue weighted by Crippen LogP contribution is 2.56. The first-order valence-corrected chi connectivity index (χ1v) is 25.4. The molecule has 344 valence electrons. The van der Waals surface area contributed by atoms with Crippen LogP contribution in [0.3, 0.4) is 0 Å². The molecule has 0 bridgehead atoms. The maximum absolute atomic E-state index is 2.72. The van der Waals surface area contributed by atoms with Crippen molar-refractivity contribution in [3.8, 4) is 22.3 Å². The molecular weight excluding hydrogens is 820 g/mol. The van der Waals surface area contributed by atoms with E-state index in [1.807, 2.05) is 0 Å². The summed E-state index contributed by atoms with van der Waals surface area (Å²) in [6.45, 7) is 36.4. The zero-order valence-electron chi connectivity index (χ0n) is 43.6. The molecule has 0 atom stereocenters. The van der Waals surface area contributed by atoms with Crippen LogP contribution in [0.4, 0.5) is 34.1 Å². The molecule has 3 heteroatoms. The molecule has 2 heterocycles. The summed E-state index contributed by atoms with van der Waals surface area (Å²) in [4.78, 5) is 5.42. The lowest BCUT2D eigenvalue weighted by Gasteiger charge is -2.46. The van der Waals surface area contributed by atoms with Gasteiger partial charge in [0, 0.05) is 34.0 Å². The van der Waals surface area contributed by atoms with Crippen LogP contribution in [0.25, 0.3) is 22.3 Å². The van der Waals surface area contributed by atoms with Gasteiger partial charge in [-0.05, 0) is 167 Å². The second-order valence-electron chi connectivity index (χ2n) is 25.8. The van der Waals surface area contributed by atoms with E-state index in [4.69, 9.17) is 0 Å². The smallest absolute Gasteiger partial charge is 0.252 e. The normalized spacial score (nSPS) is 17.9. The Bertz CT molecular complexity index is 3210. The summed E-state index contributed by atoms with van der Waals surface area (Å²) in [5.41, 5.74) is 26.7. The molecule has 7 aromatic rings. The third-order valence-corrected chi connectivity index (χ3v) is 16.6. The molecule has 7 aromatic carbocycles. The van der Waals surface area contributed by atoms with E-state index < -0.39 is 0 Å². The predicted octanol–water partition coefficient (Wildman–Crippen LogP) is 15.9. The molecule has 0 radical (unpaired) electrons. The van der Waals surface area contributed by atoms with E-state index in [2.05, 4.69) is 247 Å². The van der Waals surface area contributed by atoms with Crippen LogP contribution in [-0.4, -0.2) is 6.71 Å². The average molecular weight is 891 g/mol. The average Bonchev–Trinajstić information content (AvgIpc) is 3.58. The molecule has 4 aliphatic rings. The van der Waals surface area contributed by atoms with Crippen LogP contribution in [0.2, 0.25) is 0 Å². The highest BCUT2D eigenvalue weighted by molar-refractivity contribution is 7.00. The summed E-state index contributed by atoms with van der Waals surface area (Å²) in [5.74, 6) is 0. The lowest BCUT2D eigenvalue weighted by Crippen LogP contribution is -2.62. The number of aryl methyl sites for hydroxylation is 1. The molecule has 0 saturated carbocycles. The van der Waals surface area contributed by atoms with Gasteiger partial charge in [-0.1, -0.05) is 188 Å². The molecule has 2 aliphatic heterocycles. The number of fused-ring (bicyclic) bond motifs is 6. The van der Waals surface area contributed by atoms with Crippen molar-refractivity contribution in [1.82, 2.24) is 0 Å². The maximum atomic E-state index is 2.72. The molecule has 0 amide bonds. The highest BCUT2D eigenvalue weighted by atomic mass is 15.2. The minimum Gasteiger partial charge on any atom is -0.311 e. The molecule has 0 unspecified atom stereocenters. The Kier molecular flexibility index (Phi) is 9.61. The van der Waals surface area contributed by atoms with Crippen LogP contribution < -0.4 is 26.2 Å². The van der Waals surface area contributed by atoms with E-state index in [-0.39, 0.29) is 39.2 Å². The fourth-order valence-corrected chi connectivity index (χ4v) is 13.6. The van der Waals surface area contributed by atoms with Gasteiger partial charge in [-0.2, -0.15) is 0 Å². The molecular formula is C65H71BN2. The van der Waals surface area contributed by atoms with Gasteiger partial charge in [-0.3, -0.25) is 0 Å².